The van der Waals surface area contributed by atoms with Gasteiger partial charge in [0.1, 0.15) is 6.54 Å². The summed E-state index contributed by atoms with van der Waals surface area (Å²) in [6, 6.07) is 4.28. The number of nitrogens with zero attached hydrogens (tertiary/aromatic N) is 4. The van der Waals surface area contributed by atoms with E-state index in [1.807, 2.05) is 0 Å². The Morgan fingerprint density at radius 2 is 1.95 bits per heavy atom. The molecule has 0 unspecified atom stereocenters. The third-order valence-corrected chi connectivity index (χ3v) is 2.53. The monoisotopic (exact) mass is 290 g/mol. The van der Waals surface area contributed by atoms with Gasteiger partial charge in [-0.1, -0.05) is 0 Å². The second-order valence-electron chi connectivity index (χ2n) is 4.07. The van der Waals surface area contributed by atoms with Crippen molar-refractivity contribution in [1.29, 1.82) is 0 Å². The van der Waals surface area contributed by atoms with Gasteiger partial charge in [-0.05, 0) is 28.6 Å². The van der Waals surface area contributed by atoms with Crippen LogP contribution in [0.2, 0.25) is 0 Å². The zero-order chi connectivity index (χ0) is 14.9. The van der Waals surface area contributed by atoms with Crippen LogP contribution in [0.4, 0.5) is 28.9 Å². The third kappa shape index (κ3) is 2.63. The van der Waals surface area contributed by atoms with E-state index < -0.39 is 18.9 Å². The van der Waals surface area contributed by atoms with E-state index in [0.717, 1.165) is 0 Å². The summed E-state index contributed by atoms with van der Waals surface area (Å²) < 4.78 is 51.1. The second-order valence-corrected chi connectivity index (χ2v) is 4.07. The van der Waals surface area contributed by atoms with Gasteiger partial charge in [-0.15, -0.1) is 5.10 Å². The summed E-state index contributed by atoms with van der Waals surface area (Å²) in [7, 11) is 0. The van der Waals surface area contributed by atoms with Crippen molar-refractivity contribution >= 4 is 11.4 Å². The first-order chi connectivity index (χ1) is 9.31. The molecule has 0 spiro atoms. The topological polar surface area (TPSA) is 95.6 Å². The van der Waals surface area contributed by atoms with Gasteiger partial charge in [0, 0.05) is 16.9 Å². The van der Waals surface area contributed by atoms with Crippen LogP contribution in [0.3, 0.4) is 0 Å². The van der Waals surface area contributed by atoms with Gasteiger partial charge in [-0.25, -0.2) is 13.5 Å². The minimum Gasteiger partial charge on any atom is -0.399 e. The molecule has 0 radical (unpaired) electrons. The molecule has 0 atom stereocenters. The molecule has 1 aromatic carbocycles. The number of aromatic nitrogens is 4. The molecule has 0 aliphatic rings. The van der Waals surface area contributed by atoms with Crippen LogP contribution in [0.15, 0.2) is 18.2 Å². The molecule has 0 fully saturated rings. The molecule has 1 heterocycles. The molecule has 108 valence electrons. The number of tetrazole rings is 1. The molecule has 20 heavy (non-hydrogen) atoms. The summed E-state index contributed by atoms with van der Waals surface area (Å²) in [5.41, 5.74) is 11.9. The van der Waals surface area contributed by atoms with Crippen molar-refractivity contribution in [1.82, 2.24) is 20.2 Å². The molecule has 0 amide bonds. The fourth-order valence-corrected chi connectivity index (χ4v) is 1.56. The molecule has 2 aromatic rings. The molecule has 0 saturated carbocycles. The number of rotatable bonds is 4. The Bertz CT molecular complexity index is 612. The highest BCUT2D eigenvalue weighted by atomic mass is 19.3. The van der Waals surface area contributed by atoms with Gasteiger partial charge in [-0.2, -0.15) is 8.78 Å². The minimum atomic E-state index is -4.24. The van der Waals surface area contributed by atoms with Gasteiger partial charge in [0.05, 0.1) is 0 Å². The number of benzene rings is 1. The average molecular weight is 290 g/mol. The van der Waals surface area contributed by atoms with Crippen LogP contribution in [0.1, 0.15) is 0 Å². The van der Waals surface area contributed by atoms with Crippen LogP contribution in [0, 0.1) is 0 Å². The first kappa shape index (κ1) is 14.0. The maximum absolute atomic E-state index is 13.1. The predicted octanol–water partition coefficient (Wildman–Crippen LogP) is 1.40. The molecule has 1 aromatic heterocycles. The number of nitrogen functional groups attached to an aromatic ring is 2. The van der Waals surface area contributed by atoms with E-state index in [9.17, 15) is 17.6 Å². The van der Waals surface area contributed by atoms with Crippen molar-refractivity contribution in [2.75, 3.05) is 11.5 Å². The number of alkyl halides is 4. The zero-order valence-corrected chi connectivity index (χ0v) is 9.97. The third-order valence-electron chi connectivity index (χ3n) is 2.53. The predicted molar refractivity (Wildman–Crippen MR) is 63.0 cm³/mol. The van der Waals surface area contributed by atoms with Gasteiger partial charge < -0.3 is 11.5 Å². The van der Waals surface area contributed by atoms with Crippen LogP contribution < -0.4 is 11.5 Å². The van der Waals surface area contributed by atoms with Crippen LogP contribution in [0.25, 0.3) is 11.4 Å². The van der Waals surface area contributed by atoms with Gasteiger partial charge in [0.25, 0.3) is 0 Å². The first-order valence-electron chi connectivity index (χ1n) is 5.39. The van der Waals surface area contributed by atoms with Gasteiger partial charge >= 0.3 is 12.3 Å². The number of hydrogen-bond acceptors (Lipinski definition) is 5. The van der Waals surface area contributed by atoms with E-state index >= 15 is 0 Å². The molecule has 6 nitrogen and oxygen atoms in total. The standard InChI is InChI=1S/C10H10F4N6/c11-9(12)10(13,14)4-20-8(17-18-19-20)6-2-1-5(15)3-7(6)16/h1-3,9H,4,15-16H2. The first-order valence-corrected chi connectivity index (χ1v) is 5.39. The zero-order valence-electron chi connectivity index (χ0n) is 9.97. The lowest BCUT2D eigenvalue weighted by Crippen LogP contribution is -2.32. The van der Waals surface area contributed by atoms with Gasteiger partial charge in [0.15, 0.2) is 5.82 Å². The summed E-state index contributed by atoms with van der Waals surface area (Å²) in [5.74, 6) is -4.38. The van der Waals surface area contributed by atoms with E-state index in [1.165, 1.54) is 18.2 Å². The molecular formula is C10H10F4N6. The normalized spacial score (nSPS) is 12.1. The van der Waals surface area contributed by atoms with Crippen molar-refractivity contribution < 1.29 is 17.6 Å². The highest BCUT2D eigenvalue weighted by Crippen LogP contribution is 2.29. The van der Waals surface area contributed by atoms with Gasteiger partial charge in [0.2, 0.25) is 0 Å². The second kappa shape index (κ2) is 4.94. The van der Waals surface area contributed by atoms with Crippen LogP contribution in [-0.4, -0.2) is 32.6 Å². The highest BCUT2D eigenvalue weighted by Gasteiger charge is 2.42. The van der Waals surface area contributed by atoms with E-state index in [2.05, 4.69) is 15.5 Å². The maximum Gasteiger partial charge on any atom is 0.326 e. The van der Waals surface area contributed by atoms with Crippen molar-refractivity contribution in [3.05, 3.63) is 18.2 Å². The quantitative estimate of drug-likeness (QED) is 0.655. The summed E-state index contributed by atoms with van der Waals surface area (Å²) in [6.45, 7) is -1.35. The number of nitrogens with two attached hydrogens (primary N) is 2. The average Bonchev–Trinajstić information content (AvgIpc) is 2.76. The number of halogens is 4. The fourth-order valence-electron chi connectivity index (χ4n) is 1.56. The molecule has 0 aliphatic heterocycles. The summed E-state index contributed by atoms with van der Waals surface area (Å²) in [5, 5.41) is 10.0. The summed E-state index contributed by atoms with van der Waals surface area (Å²) in [4.78, 5) is 0. The summed E-state index contributed by atoms with van der Waals surface area (Å²) >= 11 is 0. The molecule has 0 saturated heterocycles. The van der Waals surface area contributed by atoms with Crippen molar-refractivity contribution in [3.63, 3.8) is 0 Å². The molecule has 10 heteroatoms. The van der Waals surface area contributed by atoms with Crippen molar-refractivity contribution in [3.8, 4) is 11.4 Å². The lowest BCUT2D eigenvalue weighted by atomic mass is 10.1. The number of anilines is 2. The lowest BCUT2D eigenvalue weighted by Gasteiger charge is -2.15. The van der Waals surface area contributed by atoms with Crippen LogP contribution in [-0.2, 0) is 6.54 Å². The Hall–Kier alpha value is -2.39. The smallest absolute Gasteiger partial charge is 0.326 e. The summed E-state index contributed by atoms with van der Waals surface area (Å²) in [6.07, 6.45) is -3.82. The van der Waals surface area contributed by atoms with E-state index in [1.54, 1.807) is 0 Å². The Morgan fingerprint density at radius 3 is 2.55 bits per heavy atom. The Morgan fingerprint density at radius 1 is 1.25 bits per heavy atom. The molecule has 0 aliphatic carbocycles. The maximum atomic E-state index is 13.1. The Balaban J connectivity index is 2.38. The Labute approximate surface area is 110 Å². The minimum absolute atomic E-state index is 0.136. The molecule has 4 N–H and O–H groups in total. The number of hydrogen-bond donors (Lipinski definition) is 2. The SMILES string of the molecule is Nc1ccc(-c2nnnn2CC(F)(F)C(F)F)c(N)c1. The van der Waals surface area contributed by atoms with Crippen molar-refractivity contribution in [2.45, 2.75) is 18.9 Å². The largest absolute Gasteiger partial charge is 0.399 e. The van der Waals surface area contributed by atoms with Crippen molar-refractivity contribution in [2.24, 2.45) is 0 Å². The van der Waals surface area contributed by atoms with E-state index in [4.69, 9.17) is 11.5 Å². The van der Waals surface area contributed by atoms with Gasteiger partial charge in [-0.3, -0.25) is 0 Å². The van der Waals surface area contributed by atoms with E-state index in [0.29, 0.717) is 10.4 Å². The Kier molecular flexibility index (Phi) is 3.47. The molecule has 2 rings (SSSR count). The highest BCUT2D eigenvalue weighted by molar-refractivity contribution is 5.74. The van der Waals surface area contributed by atoms with E-state index in [-0.39, 0.29) is 17.1 Å². The fraction of sp³-hybridized carbons (Fsp3) is 0.300. The molecular weight excluding hydrogens is 280 g/mol. The van der Waals surface area contributed by atoms with Crippen LogP contribution in [0.5, 0.6) is 0 Å². The van der Waals surface area contributed by atoms with Crippen LogP contribution >= 0.6 is 0 Å². The lowest BCUT2D eigenvalue weighted by molar-refractivity contribution is -0.139. The molecule has 0 bridgehead atoms.